The molecule has 0 radical (unpaired) electrons. The molecule has 0 atom stereocenters. The van der Waals surface area contributed by atoms with E-state index in [1.165, 1.54) is 17.2 Å². The van der Waals surface area contributed by atoms with Crippen molar-refractivity contribution in [2.45, 2.75) is 13.0 Å². The number of benzene rings is 2. The van der Waals surface area contributed by atoms with E-state index in [1.54, 1.807) is 6.07 Å². The minimum atomic E-state index is -0.286. The SMILES string of the molecule is Fc1cc(Cl)cc(Br)c1-c1cccc2c1CCNC2. The number of hydrogen-bond donors (Lipinski definition) is 1. The monoisotopic (exact) mass is 339 g/mol. The third kappa shape index (κ3) is 2.42. The molecule has 1 aliphatic rings. The van der Waals surface area contributed by atoms with Crippen LogP contribution in [0.2, 0.25) is 5.02 Å². The maximum absolute atomic E-state index is 14.2. The van der Waals surface area contributed by atoms with Gasteiger partial charge in [0, 0.05) is 21.6 Å². The Morgan fingerprint density at radius 3 is 2.89 bits per heavy atom. The molecule has 4 heteroatoms. The summed E-state index contributed by atoms with van der Waals surface area (Å²) in [6.07, 6.45) is 0.917. The minimum Gasteiger partial charge on any atom is -0.312 e. The first-order valence-electron chi connectivity index (χ1n) is 6.13. The van der Waals surface area contributed by atoms with Gasteiger partial charge in [0.05, 0.1) is 0 Å². The zero-order valence-electron chi connectivity index (χ0n) is 10.1. The predicted octanol–water partition coefficient (Wildman–Crippen LogP) is 4.55. The first-order valence-corrected chi connectivity index (χ1v) is 7.30. The summed E-state index contributed by atoms with van der Waals surface area (Å²) in [6, 6.07) is 9.14. The Kier molecular flexibility index (Phi) is 3.61. The van der Waals surface area contributed by atoms with Crippen LogP contribution in [0.25, 0.3) is 11.1 Å². The van der Waals surface area contributed by atoms with Gasteiger partial charge in [-0.3, -0.25) is 0 Å². The Balaban J connectivity index is 2.23. The second-order valence-electron chi connectivity index (χ2n) is 4.61. The highest BCUT2D eigenvalue weighted by molar-refractivity contribution is 9.10. The summed E-state index contributed by atoms with van der Waals surface area (Å²) < 4.78 is 14.9. The van der Waals surface area contributed by atoms with E-state index in [1.807, 2.05) is 12.1 Å². The average Bonchev–Trinajstić information content (AvgIpc) is 2.38. The van der Waals surface area contributed by atoms with Crippen LogP contribution in [-0.2, 0) is 13.0 Å². The van der Waals surface area contributed by atoms with Crippen LogP contribution in [0.3, 0.4) is 0 Å². The van der Waals surface area contributed by atoms with Crippen molar-refractivity contribution < 1.29 is 4.39 Å². The summed E-state index contributed by atoms with van der Waals surface area (Å²) in [5.41, 5.74) is 4.02. The van der Waals surface area contributed by atoms with Crippen LogP contribution >= 0.6 is 27.5 Å². The summed E-state index contributed by atoms with van der Waals surface area (Å²) in [7, 11) is 0. The van der Waals surface area contributed by atoms with E-state index in [0.29, 0.717) is 15.1 Å². The Hall–Kier alpha value is -0.900. The first-order chi connectivity index (χ1) is 9.16. The maximum atomic E-state index is 14.2. The Bertz CT molecular complexity index is 619. The molecule has 0 bridgehead atoms. The van der Waals surface area contributed by atoms with Crippen molar-refractivity contribution in [3.05, 3.63) is 56.8 Å². The van der Waals surface area contributed by atoms with Crippen LogP contribution in [0.4, 0.5) is 4.39 Å². The molecule has 0 saturated carbocycles. The molecule has 2 aromatic carbocycles. The molecule has 0 aliphatic carbocycles. The van der Waals surface area contributed by atoms with Crippen LogP contribution in [0.15, 0.2) is 34.8 Å². The van der Waals surface area contributed by atoms with Crippen LogP contribution in [0.1, 0.15) is 11.1 Å². The average molecular weight is 341 g/mol. The zero-order chi connectivity index (χ0) is 13.4. The van der Waals surface area contributed by atoms with Gasteiger partial charge in [-0.05, 0) is 57.7 Å². The lowest BCUT2D eigenvalue weighted by atomic mass is 9.91. The molecule has 1 aliphatic heterocycles. The Labute approximate surface area is 124 Å². The first kappa shape index (κ1) is 13.1. The van der Waals surface area contributed by atoms with Crippen molar-refractivity contribution in [1.29, 1.82) is 0 Å². The van der Waals surface area contributed by atoms with Gasteiger partial charge in [-0.15, -0.1) is 0 Å². The minimum absolute atomic E-state index is 0.286. The molecule has 0 aromatic heterocycles. The van der Waals surface area contributed by atoms with Gasteiger partial charge in [-0.25, -0.2) is 4.39 Å². The topological polar surface area (TPSA) is 12.0 Å². The van der Waals surface area contributed by atoms with E-state index < -0.39 is 0 Å². The quantitative estimate of drug-likeness (QED) is 0.803. The molecule has 0 saturated heterocycles. The van der Waals surface area contributed by atoms with Gasteiger partial charge in [0.25, 0.3) is 0 Å². The highest BCUT2D eigenvalue weighted by atomic mass is 79.9. The number of rotatable bonds is 1. The summed E-state index contributed by atoms with van der Waals surface area (Å²) >= 11 is 9.30. The Morgan fingerprint density at radius 1 is 1.26 bits per heavy atom. The third-order valence-electron chi connectivity index (χ3n) is 3.42. The van der Waals surface area contributed by atoms with E-state index in [9.17, 15) is 4.39 Å². The van der Waals surface area contributed by atoms with Gasteiger partial charge >= 0.3 is 0 Å². The van der Waals surface area contributed by atoms with E-state index >= 15 is 0 Å². The standard InChI is InChI=1S/C15H12BrClFN/c16-13-6-10(17)7-14(18)15(13)12-3-1-2-9-8-19-5-4-11(9)12/h1-3,6-7,19H,4-5,8H2. The zero-order valence-corrected chi connectivity index (χ0v) is 12.5. The smallest absolute Gasteiger partial charge is 0.133 e. The third-order valence-corrected chi connectivity index (χ3v) is 4.26. The molecule has 1 nitrogen and oxygen atoms in total. The number of nitrogens with one attached hydrogen (secondary N) is 1. The molecule has 2 aromatic rings. The molecular formula is C15H12BrClFN. The van der Waals surface area contributed by atoms with Crippen molar-refractivity contribution in [2.24, 2.45) is 0 Å². The number of halogens is 3. The fourth-order valence-electron chi connectivity index (χ4n) is 2.57. The largest absolute Gasteiger partial charge is 0.312 e. The summed E-state index contributed by atoms with van der Waals surface area (Å²) in [5, 5.41) is 3.73. The maximum Gasteiger partial charge on any atom is 0.133 e. The van der Waals surface area contributed by atoms with Crippen LogP contribution < -0.4 is 5.32 Å². The van der Waals surface area contributed by atoms with E-state index in [-0.39, 0.29) is 5.82 Å². The van der Waals surface area contributed by atoms with Crippen molar-refractivity contribution in [1.82, 2.24) is 5.32 Å². The molecule has 0 spiro atoms. The summed E-state index contributed by atoms with van der Waals surface area (Å²) in [5.74, 6) is -0.286. The van der Waals surface area contributed by atoms with E-state index in [0.717, 1.165) is 25.1 Å². The van der Waals surface area contributed by atoms with Crippen LogP contribution in [-0.4, -0.2) is 6.54 Å². The normalized spacial score (nSPS) is 14.3. The van der Waals surface area contributed by atoms with Crippen LogP contribution in [0.5, 0.6) is 0 Å². The van der Waals surface area contributed by atoms with Gasteiger partial charge in [0.1, 0.15) is 5.82 Å². The van der Waals surface area contributed by atoms with Gasteiger partial charge in [-0.1, -0.05) is 29.8 Å². The van der Waals surface area contributed by atoms with Crippen molar-refractivity contribution >= 4 is 27.5 Å². The molecule has 1 heterocycles. The highest BCUT2D eigenvalue weighted by Gasteiger charge is 2.18. The lowest BCUT2D eigenvalue weighted by Gasteiger charge is -2.21. The molecule has 1 N–H and O–H groups in total. The fourth-order valence-corrected chi connectivity index (χ4v) is 3.55. The lowest BCUT2D eigenvalue weighted by Crippen LogP contribution is -2.24. The second kappa shape index (κ2) is 5.23. The highest BCUT2D eigenvalue weighted by Crippen LogP contribution is 2.37. The number of hydrogen-bond acceptors (Lipinski definition) is 1. The number of fused-ring (bicyclic) bond motifs is 1. The summed E-state index contributed by atoms with van der Waals surface area (Å²) in [6.45, 7) is 1.77. The van der Waals surface area contributed by atoms with Gasteiger partial charge in [-0.2, -0.15) is 0 Å². The van der Waals surface area contributed by atoms with Gasteiger partial charge < -0.3 is 5.32 Å². The fraction of sp³-hybridized carbons (Fsp3) is 0.200. The van der Waals surface area contributed by atoms with Crippen molar-refractivity contribution in [3.63, 3.8) is 0 Å². The van der Waals surface area contributed by atoms with E-state index in [2.05, 4.69) is 27.3 Å². The molecule has 0 unspecified atom stereocenters. The van der Waals surface area contributed by atoms with E-state index in [4.69, 9.17) is 11.6 Å². The van der Waals surface area contributed by atoms with Crippen molar-refractivity contribution in [3.8, 4) is 11.1 Å². The van der Waals surface area contributed by atoms with Gasteiger partial charge in [0.2, 0.25) is 0 Å². The predicted molar refractivity (Wildman–Crippen MR) is 80.0 cm³/mol. The second-order valence-corrected chi connectivity index (χ2v) is 5.91. The van der Waals surface area contributed by atoms with Crippen LogP contribution in [0, 0.1) is 5.82 Å². The lowest BCUT2D eigenvalue weighted by molar-refractivity contribution is 0.627. The molecule has 0 amide bonds. The molecule has 3 rings (SSSR count). The molecule has 98 valence electrons. The Morgan fingerprint density at radius 2 is 2.11 bits per heavy atom. The molecule has 0 fully saturated rings. The van der Waals surface area contributed by atoms with Crippen molar-refractivity contribution in [2.75, 3.05) is 6.54 Å². The molecular weight excluding hydrogens is 329 g/mol. The summed E-state index contributed by atoms with van der Waals surface area (Å²) in [4.78, 5) is 0. The molecule has 19 heavy (non-hydrogen) atoms. The van der Waals surface area contributed by atoms with Gasteiger partial charge in [0.15, 0.2) is 0 Å².